The first-order valence-electron chi connectivity index (χ1n) is 4.42. The monoisotopic (exact) mass is 238 g/mol. The van der Waals surface area contributed by atoms with Crippen LogP contribution in [-0.4, -0.2) is 27.5 Å². The second-order valence-corrected chi connectivity index (χ2v) is 2.53. The van der Waals surface area contributed by atoms with Gasteiger partial charge in [-0.15, -0.1) is 0 Å². The van der Waals surface area contributed by atoms with Gasteiger partial charge in [-0.2, -0.15) is 15.0 Å². The Labute approximate surface area is 98.2 Å². The van der Waals surface area contributed by atoms with E-state index in [1.807, 2.05) is 0 Å². The average molecular weight is 238 g/mol. The number of ether oxygens (including phenoxy) is 1. The van der Waals surface area contributed by atoms with Crippen molar-refractivity contribution in [1.82, 2.24) is 15.0 Å². The summed E-state index contributed by atoms with van der Waals surface area (Å²) in [5.74, 6) is -0.287. The average Bonchev–Trinajstić information content (AvgIpc) is 2.24. The number of hydrogen-bond acceptors (Lipinski definition) is 8. The Hall–Kier alpha value is -2.64. The lowest BCUT2D eigenvalue weighted by Gasteiger charge is -1.93. The van der Waals surface area contributed by atoms with Crippen molar-refractivity contribution in [2.24, 2.45) is 0 Å². The van der Waals surface area contributed by atoms with E-state index in [-0.39, 0.29) is 24.5 Å². The van der Waals surface area contributed by atoms with Gasteiger partial charge in [-0.05, 0) is 0 Å². The molecule has 0 bridgehead atoms. The van der Waals surface area contributed by atoms with E-state index in [1.54, 1.807) is 0 Å². The topological polar surface area (TPSA) is 143 Å². The number of carbonyl (C=O) groups is 1. The molecule has 17 heavy (non-hydrogen) atoms. The summed E-state index contributed by atoms with van der Waals surface area (Å²) in [5.41, 5.74) is 15.4. The van der Waals surface area contributed by atoms with Gasteiger partial charge in [-0.3, -0.25) is 0 Å². The number of nitrogens with two attached hydrogens (primary N) is 3. The van der Waals surface area contributed by atoms with Crippen LogP contribution >= 0.6 is 0 Å². The number of hydrogen-bond donors (Lipinski definition) is 3. The number of rotatable bonds is 3. The zero-order chi connectivity index (χ0) is 13.3. The highest BCUT2D eigenvalue weighted by Gasteiger charge is 1.93. The lowest BCUT2D eigenvalue weighted by atomic mass is 10.6. The third-order valence-corrected chi connectivity index (χ3v) is 1.20. The van der Waals surface area contributed by atoms with Gasteiger partial charge in [0.2, 0.25) is 17.8 Å². The van der Waals surface area contributed by atoms with Crippen molar-refractivity contribution in [2.75, 3.05) is 23.8 Å². The Morgan fingerprint density at radius 1 is 1.12 bits per heavy atom. The molecule has 0 aliphatic rings. The molecule has 6 N–H and O–H groups in total. The Morgan fingerprint density at radius 2 is 1.53 bits per heavy atom. The van der Waals surface area contributed by atoms with Gasteiger partial charge < -0.3 is 21.9 Å². The number of nitrogen functional groups attached to an aromatic ring is 3. The van der Waals surface area contributed by atoms with Crippen LogP contribution in [-0.2, 0) is 9.53 Å². The fraction of sp³-hybridized carbons (Fsp3) is 0.111. The van der Waals surface area contributed by atoms with Gasteiger partial charge in [0.15, 0.2) is 0 Å². The highest BCUT2D eigenvalue weighted by molar-refractivity contribution is 5.81. The van der Waals surface area contributed by atoms with E-state index in [4.69, 9.17) is 17.2 Å². The van der Waals surface area contributed by atoms with Crippen molar-refractivity contribution in [1.29, 1.82) is 0 Å². The quantitative estimate of drug-likeness (QED) is 0.364. The van der Waals surface area contributed by atoms with Crippen molar-refractivity contribution >= 4 is 23.8 Å². The molecule has 1 rings (SSSR count). The van der Waals surface area contributed by atoms with Gasteiger partial charge in [0.25, 0.3) is 0 Å². The van der Waals surface area contributed by atoms with Crippen molar-refractivity contribution in [3.63, 3.8) is 0 Å². The SMILES string of the molecule is C=CCOC(=O)C=C.Nc1nc(N)nc(N)n1. The molecule has 0 aliphatic heterocycles. The summed E-state index contributed by atoms with van der Waals surface area (Å²) in [6.07, 6.45) is 2.62. The Bertz CT molecular complexity index is 356. The van der Waals surface area contributed by atoms with E-state index < -0.39 is 5.97 Å². The summed E-state index contributed by atoms with van der Waals surface area (Å²) < 4.78 is 4.47. The van der Waals surface area contributed by atoms with Crippen LogP contribution in [0.1, 0.15) is 0 Å². The van der Waals surface area contributed by atoms with Crippen LogP contribution in [0.4, 0.5) is 17.8 Å². The first kappa shape index (κ1) is 14.4. The molecule has 0 unspecified atom stereocenters. The number of anilines is 3. The number of esters is 1. The molecule has 1 aromatic rings. The van der Waals surface area contributed by atoms with Crippen LogP contribution < -0.4 is 17.2 Å². The van der Waals surface area contributed by atoms with Gasteiger partial charge in [0.1, 0.15) is 6.61 Å². The minimum atomic E-state index is -0.412. The lowest BCUT2D eigenvalue weighted by Crippen LogP contribution is -2.05. The first-order chi connectivity index (χ1) is 7.99. The van der Waals surface area contributed by atoms with E-state index in [1.165, 1.54) is 6.08 Å². The molecule has 8 heteroatoms. The van der Waals surface area contributed by atoms with Crippen LogP contribution in [0, 0.1) is 0 Å². The minimum Gasteiger partial charge on any atom is -0.458 e. The molecular weight excluding hydrogens is 224 g/mol. The van der Waals surface area contributed by atoms with Crippen LogP contribution in [0.2, 0.25) is 0 Å². The number of carbonyl (C=O) groups excluding carboxylic acids is 1. The predicted molar refractivity (Wildman–Crippen MR) is 64.4 cm³/mol. The Balaban J connectivity index is 0.000000304. The van der Waals surface area contributed by atoms with Crippen LogP contribution in [0.3, 0.4) is 0 Å². The summed E-state index contributed by atoms with van der Waals surface area (Å²) in [5, 5.41) is 0. The summed E-state index contributed by atoms with van der Waals surface area (Å²) in [7, 11) is 0. The Kier molecular flexibility index (Phi) is 6.44. The van der Waals surface area contributed by atoms with Crippen LogP contribution in [0.15, 0.2) is 25.3 Å². The number of nitrogens with zero attached hydrogens (tertiary/aromatic N) is 3. The van der Waals surface area contributed by atoms with E-state index in [0.717, 1.165) is 6.08 Å². The van der Waals surface area contributed by atoms with Crippen molar-refractivity contribution < 1.29 is 9.53 Å². The van der Waals surface area contributed by atoms with Gasteiger partial charge in [-0.25, -0.2) is 4.79 Å². The predicted octanol–water partition coefficient (Wildman–Crippen LogP) is -0.480. The van der Waals surface area contributed by atoms with Gasteiger partial charge >= 0.3 is 5.97 Å². The lowest BCUT2D eigenvalue weighted by molar-refractivity contribution is -0.136. The molecule has 0 saturated heterocycles. The molecular formula is C9H14N6O2. The highest BCUT2D eigenvalue weighted by Crippen LogP contribution is 1.97. The fourth-order valence-electron chi connectivity index (χ4n) is 0.627. The zero-order valence-corrected chi connectivity index (χ0v) is 9.17. The first-order valence-corrected chi connectivity index (χ1v) is 4.42. The fourth-order valence-corrected chi connectivity index (χ4v) is 0.627. The highest BCUT2D eigenvalue weighted by atomic mass is 16.5. The van der Waals surface area contributed by atoms with E-state index in [0.29, 0.717) is 0 Å². The Morgan fingerprint density at radius 3 is 1.82 bits per heavy atom. The molecule has 1 aromatic heterocycles. The van der Waals surface area contributed by atoms with Gasteiger partial charge in [0.05, 0.1) is 0 Å². The maximum Gasteiger partial charge on any atom is 0.330 e. The molecule has 0 aliphatic carbocycles. The van der Waals surface area contributed by atoms with E-state index in [2.05, 4.69) is 32.8 Å². The van der Waals surface area contributed by atoms with Crippen LogP contribution in [0.25, 0.3) is 0 Å². The molecule has 0 spiro atoms. The molecule has 8 nitrogen and oxygen atoms in total. The molecule has 1 heterocycles. The molecule has 92 valence electrons. The summed E-state index contributed by atoms with van der Waals surface area (Å²) in [6, 6.07) is 0. The largest absolute Gasteiger partial charge is 0.458 e. The van der Waals surface area contributed by atoms with Gasteiger partial charge in [0, 0.05) is 6.08 Å². The molecule has 0 atom stereocenters. The number of aromatic nitrogens is 3. The molecule has 0 amide bonds. The summed E-state index contributed by atoms with van der Waals surface area (Å²) >= 11 is 0. The second-order valence-electron chi connectivity index (χ2n) is 2.53. The van der Waals surface area contributed by atoms with Crippen molar-refractivity contribution in [3.8, 4) is 0 Å². The maximum absolute atomic E-state index is 10.2. The standard InChI is InChI=1S/C6H8O2.C3H6N6/c1-3-5-8-6(7)4-2;4-1-7-2(5)9-3(6)8-1/h3-4H,1-2,5H2;(H6,4,5,6,7,8,9). The van der Waals surface area contributed by atoms with Crippen molar-refractivity contribution in [2.45, 2.75) is 0 Å². The zero-order valence-electron chi connectivity index (χ0n) is 9.17. The second kappa shape index (κ2) is 7.63. The molecule has 0 radical (unpaired) electrons. The molecule has 0 fully saturated rings. The third kappa shape index (κ3) is 7.31. The van der Waals surface area contributed by atoms with Gasteiger partial charge in [-0.1, -0.05) is 19.2 Å². The normalized spacial score (nSPS) is 8.47. The van der Waals surface area contributed by atoms with Crippen molar-refractivity contribution in [3.05, 3.63) is 25.3 Å². The molecule has 0 saturated carbocycles. The van der Waals surface area contributed by atoms with E-state index in [9.17, 15) is 4.79 Å². The minimum absolute atomic E-state index is 0.0417. The maximum atomic E-state index is 10.2. The smallest absolute Gasteiger partial charge is 0.330 e. The molecule has 0 aromatic carbocycles. The van der Waals surface area contributed by atoms with E-state index >= 15 is 0 Å². The summed E-state index contributed by atoms with van der Waals surface area (Å²) in [6.45, 7) is 6.81. The summed E-state index contributed by atoms with van der Waals surface area (Å²) in [4.78, 5) is 20.6. The third-order valence-electron chi connectivity index (χ3n) is 1.20. The van der Waals surface area contributed by atoms with Crippen LogP contribution in [0.5, 0.6) is 0 Å².